The van der Waals surface area contributed by atoms with Crippen LogP contribution in [0.5, 0.6) is 0 Å². The van der Waals surface area contributed by atoms with Gasteiger partial charge in [0.15, 0.2) is 0 Å². The summed E-state index contributed by atoms with van der Waals surface area (Å²) < 4.78 is 27.2. The van der Waals surface area contributed by atoms with Gasteiger partial charge in [-0.15, -0.1) is 0 Å². The second-order valence-corrected chi connectivity index (χ2v) is 8.44. The highest BCUT2D eigenvalue weighted by Gasteiger charge is 2.51. The molecular formula is C16H20N2O3S. The molecule has 22 heavy (non-hydrogen) atoms. The van der Waals surface area contributed by atoms with E-state index in [1.807, 2.05) is 11.0 Å². The fourth-order valence-electron chi connectivity index (χ4n) is 3.73. The minimum absolute atomic E-state index is 0.0755. The third-order valence-corrected chi connectivity index (χ3v) is 7.00. The van der Waals surface area contributed by atoms with Crippen molar-refractivity contribution < 1.29 is 13.2 Å². The fourth-order valence-corrected chi connectivity index (χ4v) is 5.42. The van der Waals surface area contributed by atoms with Crippen molar-refractivity contribution in [3.05, 3.63) is 30.3 Å². The van der Waals surface area contributed by atoms with Gasteiger partial charge in [0.1, 0.15) is 0 Å². The second kappa shape index (κ2) is 5.06. The maximum atomic E-state index is 12.8. The first-order valence-electron chi connectivity index (χ1n) is 7.94. The predicted octanol–water partition coefficient (Wildman–Crippen LogP) is 1.46. The summed E-state index contributed by atoms with van der Waals surface area (Å²) >= 11 is 0. The van der Waals surface area contributed by atoms with Crippen LogP contribution in [0.3, 0.4) is 0 Å². The average Bonchev–Trinajstić information content (AvgIpc) is 3.16. The maximum absolute atomic E-state index is 12.8. The second-order valence-electron chi connectivity index (χ2n) is 6.55. The molecule has 1 amide bonds. The van der Waals surface area contributed by atoms with Gasteiger partial charge in [-0.2, -0.15) is 4.31 Å². The standard InChI is InChI=1S/C16H20N2O3S/c19-16-10-15-14(17(16)11-12-6-7-12)8-9-18(15)22(20,21)13-4-2-1-3-5-13/h1-5,12,14-15H,6-11H2/t14-,15+/m0/s1. The predicted molar refractivity (Wildman–Crippen MR) is 81.6 cm³/mol. The number of amides is 1. The fraction of sp³-hybridized carbons (Fsp3) is 0.562. The Bertz CT molecular complexity index is 685. The summed E-state index contributed by atoms with van der Waals surface area (Å²) in [6.45, 7) is 1.33. The Hall–Kier alpha value is -1.40. The molecular weight excluding hydrogens is 300 g/mol. The Balaban J connectivity index is 1.59. The van der Waals surface area contributed by atoms with Gasteiger partial charge in [0, 0.05) is 19.5 Å². The number of carbonyl (C=O) groups is 1. The molecule has 2 atom stereocenters. The lowest BCUT2D eigenvalue weighted by atomic mass is 10.1. The summed E-state index contributed by atoms with van der Waals surface area (Å²) in [6, 6.07) is 8.42. The third-order valence-electron chi connectivity index (χ3n) is 5.07. The first kappa shape index (κ1) is 14.2. The lowest BCUT2D eigenvalue weighted by molar-refractivity contribution is -0.129. The molecule has 4 rings (SSSR count). The van der Waals surface area contributed by atoms with E-state index in [9.17, 15) is 13.2 Å². The van der Waals surface area contributed by atoms with E-state index >= 15 is 0 Å². The van der Waals surface area contributed by atoms with E-state index < -0.39 is 10.0 Å². The average molecular weight is 320 g/mol. The first-order valence-corrected chi connectivity index (χ1v) is 9.38. The van der Waals surface area contributed by atoms with Gasteiger partial charge >= 0.3 is 0 Å². The van der Waals surface area contributed by atoms with Gasteiger partial charge < -0.3 is 4.90 Å². The van der Waals surface area contributed by atoms with Gasteiger partial charge in [-0.25, -0.2) is 8.42 Å². The zero-order chi connectivity index (χ0) is 15.3. The van der Waals surface area contributed by atoms with Crippen LogP contribution in [-0.2, 0) is 14.8 Å². The topological polar surface area (TPSA) is 57.7 Å². The van der Waals surface area contributed by atoms with Gasteiger partial charge in [-0.3, -0.25) is 4.79 Å². The van der Waals surface area contributed by atoms with E-state index in [1.54, 1.807) is 28.6 Å². The third kappa shape index (κ3) is 2.25. The Labute approximate surface area is 131 Å². The smallest absolute Gasteiger partial charge is 0.243 e. The number of hydrogen-bond acceptors (Lipinski definition) is 3. The molecule has 2 saturated heterocycles. The van der Waals surface area contributed by atoms with Crippen LogP contribution in [0.1, 0.15) is 25.7 Å². The molecule has 0 unspecified atom stereocenters. The lowest BCUT2D eigenvalue weighted by Crippen LogP contribution is -2.40. The van der Waals surface area contributed by atoms with Gasteiger partial charge in [-0.05, 0) is 37.3 Å². The molecule has 3 fully saturated rings. The molecule has 2 aliphatic heterocycles. The zero-order valence-corrected chi connectivity index (χ0v) is 13.2. The van der Waals surface area contributed by atoms with Crippen LogP contribution in [0.15, 0.2) is 35.2 Å². The van der Waals surface area contributed by atoms with E-state index in [2.05, 4.69) is 0 Å². The minimum Gasteiger partial charge on any atom is -0.338 e. The Kier molecular flexibility index (Phi) is 3.27. The number of carbonyl (C=O) groups excluding carboxylic acids is 1. The van der Waals surface area contributed by atoms with Crippen molar-refractivity contribution in [1.82, 2.24) is 9.21 Å². The molecule has 0 radical (unpaired) electrons. The van der Waals surface area contributed by atoms with Crippen LogP contribution in [0, 0.1) is 5.92 Å². The van der Waals surface area contributed by atoms with Gasteiger partial charge in [-0.1, -0.05) is 18.2 Å². The summed E-state index contributed by atoms with van der Waals surface area (Å²) in [5.74, 6) is 0.761. The number of rotatable bonds is 4. The Morgan fingerprint density at radius 3 is 2.45 bits per heavy atom. The maximum Gasteiger partial charge on any atom is 0.243 e. The Morgan fingerprint density at radius 1 is 1.05 bits per heavy atom. The van der Waals surface area contributed by atoms with Crippen molar-refractivity contribution in [2.75, 3.05) is 13.1 Å². The van der Waals surface area contributed by atoms with Crippen molar-refractivity contribution in [2.24, 2.45) is 5.92 Å². The monoisotopic (exact) mass is 320 g/mol. The van der Waals surface area contributed by atoms with Crippen LogP contribution in [0.4, 0.5) is 0 Å². The summed E-state index contributed by atoms with van der Waals surface area (Å²) in [5, 5.41) is 0. The zero-order valence-electron chi connectivity index (χ0n) is 12.4. The Morgan fingerprint density at radius 2 is 1.77 bits per heavy atom. The number of benzene rings is 1. The molecule has 6 heteroatoms. The number of fused-ring (bicyclic) bond motifs is 1. The molecule has 0 spiro atoms. The number of sulfonamides is 1. The quantitative estimate of drug-likeness (QED) is 0.844. The molecule has 0 bridgehead atoms. The van der Waals surface area contributed by atoms with Gasteiger partial charge in [0.25, 0.3) is 0 Å². The molecule has 1 saturated carbocycles. The van der Waals surface area contributed by atoms with Crippen LogP contribution in [0.2, 0.25) is 0 Å². The van der Waals surface area contributed by atoms with Crippen molar-refractivity contribution in [3.63, 3.8) is 0 Å². The van der Waals surface area contributed by atoms with Crippen molar-refractivity contribution >= 4 is 15.9 Å². The van der Waals surface area contributed by atoms with Crippen LogP contribution in [-0.4, -0.2) is 48.7 Å². The minimum atomic E-state index is -3.50. The highest BCUT2D eigenvalue weighted by molar-refractivity contribution is 7.89. The molecule has 1 aromatic carbocycles. The van der Waals surface area contributed by atoms with Crippen LogP contribution >= 0.6 is 0 Å². The molecule has 3 aliphatic rings. The summed E-state index contributed by atoms with van der Waals surface area (Å²) in [6.07, 6.45) is 3.50. The van der Waals surface area contributed by atoms with Crippen molar-refractivity contribution in [1.29, 1.82) is 0 Å². The summed E-state index contributed by atoms with van der Waals surface area (Å²) in [7, 11) is -3.50. The van der Waals surface area contributed by atoms with Crippen LogP contribution in [0.25, 0.3) is 0 Å². The first-order chi connectivity index (χ1) is 10.6. The van der Waals surface area contributed by atoms with E-state index in [0.29, 0.717) is 23.8 Å². The van der Waals surface area contributed by atoms with Crippen LogP contribution < -0.4 is 0 Å². The van der Waals surface area contributed by atoms with Gasteiger partial charge in [0.2, 0.25) is 15.9 Å². The lowest BCUT2D eigenvalue weighted by Gasteiger charge is -2.25. The van der Waals surface area contributed by atoms with Crippen molar-refractivity contribution in [3.8, 4) is 0 Å². The highest BCUT2D eigenvalue weighted by atomic mass is 32.2. The normalized spacial score (nSPS) is 29.1. The molecule has 1 aliphatic carbocycles. The molecule has 0 aromatic heterocycles. The number of hydrogen-bond donors (Lipinski definition) is 0. The molecule has 5 nitrogen and oxygen atoms in total. The molecule has 0 N–H and O–H groups in total. The van der Waals surface area contributed by atoms with Crippen molar-refractivity contribution in [2.45, 2.75) is 42.7 Å². The van der Waals surface area contributed by atoms with E-state index in [-0.39, 0.29) is 18.0 Å². The van der Waals surface area contributed by atoms with E-state index in [4.69, 9.17) is 0 Å². The van der Waals surface area contributed by atoms with E-state index in [0.717, 1.165) is 13.0 Å². The molecule has 2 heterocycles. The number of likely N-dealkylation sites (tertiary alicyclic amines) is 1. The SMILES string of the molecule is O=C1C[C@@H]2[C@H](CCN2S(=O)(=O)c2ccccc2)N1CC1CC1. The summed E-state index contributed by atoms with van der Waals surface area (Å²) in [5.41, 5.74) is 0. The van der Waals surface area contributed by atoms with Gasteiger partial charge in [0.05, 0.1) is 17.0 Å². The number of nitrogens with zero attached hydrogens (tertiary/aromatic N) is 2. The van der Waals surface area contributed by atoms with E-state index in [1.165, 1.54) is 12.8 Å². The largest absolute Gasteiger partial charge is 0.338 e. The molecule has 1 aromatic rings. The summed E-state index contributed by atoms with van der Waals surface area (Å²) in [4.78, 5) is 14.5. The highest BCUT2D eigenvalue weighted by Crippen LogP contribution is 2.39. The molecule has 118 valence electrons.